The molecule has 0 aliphatic carbocycles. The van der Waals surface area contributed by atoms with Crippen LogP contribution in [-0.2, 0) is 4.79 Å². The summed E-state index contributed by atoms with van der Waals surface area (Å²) < 4.78 is 0. The molecular weight excluding hydrogens is 140 g/mol. The van der Waals surface area contributed by atoms with E-state index in [0.29, 0.717) is 5.57 Å². The van der Waals surface area contributed by atoms with Gasteiger partial charge in [-0.3, -0.25) is 4.79 Å². The van der Waals surface area contributed by atoms with Gasteiger partial charge in [-0.1, -0.05) is 13.5 Å². The van der Waals surface area contributed by atoms with E-state index < -0.39 is 0 Å². The van der Waals surface area contributed by atoms with Gasteiger partial charge in [0.15, 0.2) is 0 Å². The van der Waals surface area contributed by atoms with E-state index in [0.717, 1.165) is 13.0 Å². The summed E-state index contributed by atoms with van der Waals surface area (Å²) in [6.07, 6.45) is 0.971. The van der Waals surface area contributed by atoms with Crippen molar-refractivity contribution in [3.8, 4) is 0 Å². The Morgan fingerprint density at radius 2 is 2.00 bits per heavy atom. The maximum absolute atomic E-state index is 10.7. The summed E-state index contributed by atoms with van der Waals surface area (Å²) in [5, 5.41) is 2.69. The molecule has 3 nitrogen and oxygen atoms in total. The Hall–Kier alpha value is -0.830. The number of carbonyl (C=O) groups excluding carboxylic acids is 1. The molecule has 0 saturated heterocycles. The number of carbonyl (C=O) groups is 1. The summed E-state index contributed by atoms with van der Waals surface area (Å²) in [6.45, 7) is 7.95. The third-order valence-corrected chi connectivity index (χ3v) is 0.923. The Bertz CT molecular complexity index is 121. The molecule has 0 aromatic rings. The molecule has 0 bridgehead atoms. The zero-order valence-electron chi connectivity index (χ0n) is 7.61. The Kier molecular flexibility index (Phi) is 10.7. The second-order valence-corrected chi connectivity index (χ2v) is 2.04. The van der Waals surface area contributed by atoms with Crippen LogP contribution >= 0.6 is 0 Å². The van der Waals surface area contributed by atoms with E-state index in [1.54, 1.807) is 6.92 Å². The number of hydrogen-bond donors (Lipinski definition) is 2. The van der Waals surface area contributed by atoms with Crippen molar-refractivity contribution < 1.29 is 4.79 Å². The second-order valence-electron chi connectivity index (χ2n) is 2.04. The standard InChI is InChI=1S/C7H13NO.CH5N/c1-4-5-8-7(9)6(2)3;1-2/h2,4-5H2,1,3H3,(H,8,9);2H2,1H3. The van der Waals surface area contributed by atoms with Crippen LogP contribution in [0.15, 0.2) is 12.2 Å². The second kappa shape index (κ2) is 9.17. The van der Waals surface area contributed by atoms with Gasteiger partial charge in [0.05, 0.1) is 0 Å². The first-order chi connectivity index (χ1) is 5.18. The first-order valence-corrected chi connectivity index (χ1v) is 3.70. The minimum Gasteiger partial charge on any atom is -0.352 e. The van der Waals surface area contributed by atoms with Crippen molar-refractivity contribution in [3.05, 3.63) is 12.2 Å². The van der Waals surface area contributed by atoms with E-state index in [1.807, 2.05) is 6.92 Å². The van der Waals surface area contributed by atoms with E-state index in [2.05, 4.69) is 17.6 Å². The lowest BCUT2D eigenvalue weighted by molar-refractivity contribution is -0.117. The molecule has 0 spiro atoms. The van der Waals surface area contributed by atoms with Crippen LogP contribution in [0.25, 0.3) is 0 Å². The van der Waals surface area contributed by atoms with Gasteiger partial charge in [-0.25, -0.2) is 0 Å². The highest BCUT2D eigenvalue weighted by Crippen LogP contribution is 1.84. The quantitative estimate of drug-likeness (QED) is 0.593. The van der Waals surface area contributed by atoms with E-state index in [-0.39, 0.29) is 5.91 Å². The van der Waals surface area contributed by atoms with Crippen molar-refractivity contribution >= 4 is 5.91 Å². The summed E-state index contributed by atoms with van der Waals surface area (Å²) in [6, 6.07) is 0. The average molecular weight is 158 g/mol. The van der Waals surface area contributed by atoms with Crippen LogP contribution in [0.4, 0.5) is 0 Å². The summed E-state index contributed by atoms with van der Waals surface area (Å²) >= 11 is 0. The van der Waals surface area contributed by atoms with Crippen molar-refractivity contribution in [2.45, 2.75) is 20.3 Å². The molecule has 11 heavy (non-hydrogen) atoms. The molecule has 0 atom stereocenters. The van der Waals surface area contributed by atoms with Gasteiger partial charge in [0.25, 0.3) is 0 Å². The summed E-state index contributed by atoms with van der Waals surface area (Å²) in [4.78, 5) is 10.7. The van der Waals surface area contributed by atoms with E-state index in [9.17, 15) is 4.79 Å². The normalized spacial score (nSPS) is 7.64. The molecule has 0 fully saturated rings. The van der Waals surface area contributed by atoms with Crippen molar-refractivity contribution in [2.24, 2.45) is 5.73 Å². The maximum Gasteiger partial charge on any atom is 0.246 e. The van der Waals surface area contributed by atoms with Gasteiger partial charge in [-0.2, -0.15) is 0 Å². The highest BCUT2D eigenvalue weighted by molar-refractivity contribution is 5.91. The van der Waals surface area contributed by atoms with Gasteiger partial charge in [-0.15, -0.1) is 0 Å². The SMILES string of the molecule is C=C(C)C(=O)NCCC.CN. The van der Waals surface area contributed by atoms with Crippen molar-refractivity contribution in [3.63, 3.8) is 0 Å². The molecule has 0 aromatic carbocycles. The van der Waals surface area contributed by atoms with Crippen LogP contribution in [-0.4, -0.2) is 19.5 Å². The highest BCUT2D eigenvalue weighted by atomic mass is 16.1. The van der Waals surface area contributed by atoms with Gasteiger partial charge in [-0.05, 0) is 20.4 Å². The van der Waals surface area contributed by atoms with Gasteiger partial charge in [0.2, 0.25) is 5.91 Å². The first-order valence-electron chi connectivity index (χ1n) is 3.70. The topological polar surface area (TPSA) is 55.1 Å². The minimum absolute atomic E-state index is 0.0446. The molecule has 0 radical (unpaired) electrons. The molecule has 0 unspecified atom stereocenters. The Morgan fingerprint density at radius 3 is 2.27 bits per heavy atom. The van der Waals surface area contributed by atoms with E-state index in [4.69, 9.17) is 0 Å². The van der Waals surface area contributed by atoms with E-state index in [1.165, 1.54) is 7.05 Å². The Balaban J connectivity index is 0. The highest BCUT2D eigenvalue weighted by Gasteiger charge is 1.96. The molecule has 0 aliphatic heterocycles. The van der Waals surface area contributed by atoms with Crippen LogP contribution in [0, 0.1) is 0 Å². The lowest BCUT2D eigenvalue weighted by Crippen LogP contribution is -2.24. The predicted octanol–water partition coefficient (Wildman–Crippen LogP) is 0.664. The van der Waals surface area contributed by atoms with Gasteiger partial charge < -0.3 is 11.1 Å². The molecule has 0 aliphatic rings. The number of rotatable bonds is 3. The van der Waals surface area contributed by atoms with Crippen LogP contribution < -0.4 is 11.1 Å². The van der Waals surface area contributed by atoms with Crippen molar-refractivity contribution in [1.29, 1.82) is 0 Å². The summed E-state index contributed by atoms with van der Waals surface area (Å²) in [5.41, 5.74) is 5.07. The maximum atomic E-state index is 10.7. The van der Waals surface area contributed by atoms with Gasteiger partial charge >= 0.3 is 0 Å². The van der Waals surface area contributed by atoms with Gasteiger partial charge in [0, 0.05) is 12.1 Å². The number of amides is 1. The third-order valence-electron chi connectivity index (χ3n) is 0.923. The van der Waals surface area contributed by atoms with Gasteiger partial charge in [0.1, 0.15) is 0 Å². The van der Waals surface area contributed by atoms with Crippen molar-refractivity contribution in [1.82, 2.24) is 5.32 Å². The molecule has 0 rings (SSSR count). The average Bonchev–Trinajstić information content (AvgIpc) is 2.03. The van der Waals surface area contributed by atoms with Crippen LogP contribution in [0.2, 0.25) is 0 Å². The molecule has 0 heterocycles. The lowest BCUT2D eigenvalue weighted by Gasteiger charge is -1.99. The molecule has 3 N–H and O–H groups in total. The molecule has 0 saturated carbocycles. The molecule has 1 amide bonds. The van der Waals surface area contributed by atoms with Crippen LogP contribution in [0.3, 0.4) is 0 Å². The van der Waals surface area contributed by atoms with Crippen LogP contribution in [0.1, 0.15) is 20.3 Å². The molecule has 66 valence electrons. The first kappa shape index (κ1) is 12.8. The van der Waals surface area contributed by atoms with Crippen molar-refractivity contribution in [2.75, 3.05) is 13.6 Å². The molecule has 3 heteroatoms. The fourth-order valence-corrected chi connectivity index (χ4v) is 0.389. The largest absolute Gasteiger partial charge is 0.352 e. The molecule has 0 aromatic heterocycles. The minimum atomic E-state index is -0.0446. The smallest absolute Gasteiger partial charge is 0.246 e. The third kappa shape index (κ3) is 9.17. The zero-order chi connectivity index (χ0) is 9.28. The monoisotopic (exact) mass is 158 g/mol. The Morgan fingerprint density at radius 1 is 1.55 bits per heavy atom. The van der Waals surface area contributed by atoms with Crippen LogP contribution in [0.5, 0.6) is 0 Å². The zero-order valence-corrected chi connectivity index (χ0v) is 7.61. The molecular formula is C8H18N2O. The number of nitrogens with two attached hydrogens (primary N) is 1. The fraction of sp³-hybridized carbons (Fsp3) is 0.625. The summed E-state index contributed by atoms with van der Waals surface area (Å²) in [7, 11) is 1.50. The number of nitrogens with one attached hydrogen (secondary N) is 1. The fourth-order valence-electron chi connectivity index (χ4n) is 0.389. The summed E-state index contributed by atoms with van der Waals surface area (Å²) in [5.74, 6) is -0.0446. The predicted molar refractivity (Wildman–Crippen MR) is 48.2 cm³/mol. The lowest BCUT2D eigenvalue weighted by atomic mass is 10.3. The number of hydrogen-bond acceptors (Lipinski definition) is 2. The Labute approximate surface area is 68.7 Å². The van der Waals surface area contributed by atoms with E-state index >= 15 is 0 Å².